The number of hydrogen-bond donors (Lipinski definition) is 1. The van der Waals surface area contributed by atoms with Crippen LogP contribution >= 0.6 is 0 Å². The van der Waals surface area contributed by atoms with Crippen LogP contribution in [-0.2, 0) is 10.3 Å². The van der Waals surface area contributed by atoms with Gasteiger partial charge in [0.1, 0.15) is 0 Å². The van der Waals surface area contributed by atoms with Crippen molar-refractivity contribution in [3.8, 4) is 0 Å². The van der Waals surface area contributed by atoms with Crippen LogP contribution < -0.4 is 5.73 Å². The highest BCUT2D eigenvalue weighted by molar-refractivity contribution is 5.83. The Balaban J connectivity index is 1.61. The first-order chi connectivity index (χ1) is 15.6. The van der Waals surface area contributed by atoms with E-state index >= 15 is 0 Å². The highest BCUT2D eigenvalue weighted by Crippen LogP contribution is 2.50. The van der Waals surface area contributed by atoms with E-state index in [2.05, 4.69) is 54.1 Å². The molecular formula is C27H42N4O2. The average Bonchev–Trinajstić information content (AvgIpc) is 3.01. The lowest BCUT2D eigenvalue weighted by Crippen LogP contribution is -2.57. The Hall–Kier alpha value is -2.08. The van der Waals surface area contributed by atoms with Gasteiger partial charge in [0.15, 0.2) is 0 Å². The largest absolute Gasteiger partial charge is 0.369 e. The van der Waals surface area contributed by atoms with Gasteiger partial charge >= 0.3 is 6.03 Å². The van der Waals surface area contributed by atoms with Gasteiger partial charge < -0.3 is 15.5 Å². The van der Waals surface area contributed by atoms with E-state index < -0.39 is 5.41 Å². The van der Waals surface area contributed by atoms with Crippen LogP contribution in [0.4, 0.5) is 4.79 Å². The molecule has 3 fully saturated rings. The molecule has 2 aliphatic carbocycles. The second-order valence-electron chi connectivity index (χ2n) is 11.4. The van der Waals surface area contributed by atoms with Crippen molar-refractivity contribution in [2.75, 3.05) is 33.2 Å². The van der Waals surface area contributed by atoms with Crippen LogP contribution in [0.3, 0.4) is 0 Å². The van der Waals surface area contributed by atoms with Crippen LogP contribution in [0, 0.1) is 11.3 Å². The molecule has 0 bridgehead atoms. The lowest BCUT2D eigenvalue weighted by Gasteiger charge is -2.52. The molecule has 33 heavy (non-hydrogen) atoms. The number of nitrogens with two attached hydrogens (primary N) is 1. The Bertz CT molecular complexity index is 856. The quantitative estimate of drug-likeness (QED) is 0.640. The molecule has 3 amide bonds. The molecular weight excluding hydrogens is 412 g/mol. The summed E-state index contributed by atoms with van der Waals surface area (Å²) in [6, 6.07) is 11.0. The first-order valence-electron chi connectivity index (χ1n) is 12.8. The smallest absolute Gasteiger partial charge is 0.320 e. The second kappa shape index (κ2) is 8.94. The predicted molar refractivity (Wildman–Crippen MR) is 132 cm³/mol. The van der Waals surface area contributed by atoms with Gasteiger partial charge in [-0.2, -0.15) is 0 Å². The molecule has 1 aromatic carbocycles. The summed E-state index contributed by atoms with van der Waals surface area (Å²) in [6.07, 6.45) is 7.75. The van der Waals surface area contributed by atoms with Gasteiger partial charge in [-0.1, -0.05) is 43.7 Å². The number of benzene rings is 1. The van der Waals surface area contributed by atoms with E-state index in [1.54, 1.807) is 0 Å². The Morgan fingerprint density at radius 3 is 2.30 bits per heavy atom. The monoisotopic (exact) mass is 454 g/mol. The minimum Gasteiger partial charge on any atom is -0.369 e. The van der Waals surface area contributed by atoms with E-state index in [4.69, 9.17) is 5.73 Å². The van der Waals surface area contributed by atoms with Crippen molar-refractivity contribution in [1.29, 1.82) is 0 Å². The molecule has 2 N–H and O–H groups in total. The van der Waals surface area contributed by atoms with Gasteiger partial charge in [-0.15, -0.1) is 0 Å². The fourth-order valence-corrected chi connectivity index (χ4v) is 6.26. The number of urea groups is 1. The Morgan fingerprint density at radius 1 is 1.15 bits per heavy atom. The molecule has 1 aromatic rings. The zero-order valence-corrected chi connectivity index (χ0v) is 21.0. The van der Waals surface area contributed by atoms with Crippen molar-refractivity contribution < 1.29 is 9.59 Å². The van der Waals surface area contributed by atoms with Gasteiger partial charge in [0.2, 0.25) is 5.91 Å². The average molecular weight is 455 g/mol. The summed E-state index contributed by atoms with van der Waals surface area (Å²) in [5.41, 5.74) is 6.18. The van der Waals surface area contributed by atoms with Crippen LogP contribution in [0.5, 0.6) is 0 Å². The molecule has 1 saturated heterocycles. The molecule has 0 radical (unpaired) electrons. The molecule has 2 saturated carbocycles. The summed E-state index contributed by atoms with van der Waals surface area (Å²) in [7, 11) is 2.23. The molecule has 0 unspecified atom stereocenters. The van der Waals surface area contributed by atoms with Gasteiger partial charge in [-0.25, -0.2) is 4.79 Å². The number of carbonyl (C=O) groups excluding carboxylic acids is 2. The van der Waals surface area contributed by atoms with E-state index in [-0.39, 0.29) is 23.0 Å². The molecule has 6 nitrogen and oxygen atoms in total. The molecule has 3 aliphatic rings. The third kappa shape index (κ3) is 4.27. The van der Waals surface area contributed by atoms with Crippen molar-refractivity contribution in [3.63, 3.8) is 0 Å². The van der Waals surface area contributed by atoms with Crippen LogP contribution in [0.2, 0.25) is 0 Å². The zero-order valence-electron chi connectivity index (χ0n) is 21.0. The number of hydrogen-bond acceptors (Lipinski definition) is 3. The van der Waals surface area contributed by atoms with Crippen LogP contribution in [0.1, 0.15) is 71.3 Å². The minimum absolute atomic E-state index is 0.00631. The van der Waals surface area contributed by atoms with Crippen molar-refractivity contribution in [1.82, 2.24) is 14.7 Å². The molecule has 1 heterocycles. The number of rotatable bonds is 8. The normalized spacial score (nSPS) is 28.6. The highest BCUT2D eigenvalue weighted by Gasteiger charge is 2.55. The number of carbonyl (C=O) groups is 2. The zero-order chi connectivity index (χ0) is 23.9. The van der Waals surface area contributed by atoms with Crippen LogP contribution in [0.25, 0.3) is 0 Å². The van der Waals surface area contributed by atoms with Gasteiger partial charge in [0, 0.05) is 25.2 Å². The molecule has 0 aromatic heterocycles. The molecule has 1 aliphatic heterocycles. The number of nitrogens with zero attached hydrogens (tertiary/aromatic N) is 3. The fourth-order valence-electron chi connectivity index (χ4n) is 6.26. The third-order valence-electron chi connectivity index (χ3n) is 9.00. The standard InChI is InChI=1S/C27H42N4O2/c1-5-29(4)27(22-12-7-6-8-13-22)16-14-26(15-17-27)20-30(19-25(2,3)23(28)32)24(33)31(26)18-21-10-9-11-21/h6-8,12-13,21H,5,9-11,14-20H2,1-4H3,(H2,28,32)/t26-,27-. The summed E-state index contributed by atoms with van der Waals surface area (Å²) in [5.74, 6) is 0.271. The summed E-state index contributed by atoms with van der Waals surface area (Å²) in [5, 5.41) is 0. The Labute approximate surface area is 199 Å². The van der Waals surface area contributed by atoms with Crippen molar-refractivity contribution >= 4 is 11.9 Å². The number of primary amides is 1. The molecule has 1 spiro atoms. The first-order valence-corrected chi connectivity index (χ1v) is 12.8. The van der Waals surface area contributed by atoms with E-state index in [9.17, 15) is 9.59 Å². The van der Waals surface area contributed by atoms with Crippen molar-refractivity contribution in [2.24, 2.45) is 17.1 Å². The van der Waals surface area contributed by atoms with Crippen molar-refractivity contribution in [2.45, 2.75) is 76.8 Å². The SMILES string of the molecule is CCN(C)[C@]1(c2ccccc2)CC[C@@]2(CC1)CN(CC(C)(C)C(N)=O)C(=O)N2CC1CCC1. The maximum absolute atomic E-state index is 13.7. The van der Waals surface area contributed by atoms with Gasteiger partial charge in [0.05, 0.1) is 11.0 Å². The molecule has 0 atom stereocenters. The van der Waals surface area contributed by atoms with Crippen molar-refractivity contribution in [3.05, 3.63) is 35.9 Å². The van der Waals surface area contributed by atoms with E-state index in [1.807, 2.05) is 18.7 Å². The van der Waals surface area contributed by atoms with Gasteiger partial charge in [-0.05, 0) is 77.4 Å². The second-order valence-corrected chi connectivity index (χ2v) is 11.4. The topological polar surface area (TPSA) is 69.9 Å². The molecule has 4 rings (SSSR count). The van der Waals surface area contributed by atoms with Gasteiger partial charge in [0.25, 0.3) is 0 Å². The fraction of sp³-hybridized carbons (Fsp3) is 0.704. The Kier molecular flexibility index (Phi) is 6.51. The predicted octanol–water partition coefficient (Wildman–Crippen LogP) is 4.20. The maximum Gasteiger partial charge on any atom is 0.320 e. The minimum atomic E-state index is -0.728. The lowest BCUT2D eigenvalue weighted by atomic mass is 9.67. The first kappa shape index (κ1) is 24.1. The molecule has 6 heteroatoms. The van der Waals surface area contributed by atoms with Crippen LogP contribution in [-0.4, -0.2) is 65.4 Å². The summed E-state index contributed by atoms with van der Waals surface area (Å²) < 4.78 is 0. The van der Waals surface area contributed by atoms with Crippen LogP contribution in [0.15, 0.2) is 30.3 Å². The summed E-state index contributed by atoms with van der Waals surface area (Å²) in [6.45, 7) is 8.87. The maximum atomic E-state index is 13.7. The van der Waals surface area contributed by atoms with E-state index in [0.29, 0.717) is 19.0 Å². The number of amides is 3. The summed E-state index contributed by atoms with van der Waals surface area (Å²) in [4.78, 5) is 32.3. The molecule has 182 valence electrons. The third-order valence-corrected chi connectivity index (χ3v) is 9.00. The summed E-state index contributed by atoms with van der Waals surface area (Å²) >= 11 is 0. The van der Waals surface area contributed by atoms with E-state index in [1.165, 1.54) is 24.8 Å². The lowest BCUT2D eigenvalue weighted by molar-refractivity contribution is -0.126. The Morgan fingerprint density at radius 2 is 1.79 bits per heavy atom. The highest BCUT2D eigenvalue weighted by atomic mass is 16.2. The van der Waals surface area contributed by atoms with Gasteiger partial charge in [-0.3, -0.25) is 9.69 Å². The van der Waals surface area contributed by atoms with E-state index in [0.717, 1.165) is 38.8 Å².